The molecule has 14 rings (SSSR count). The van der Waals surface area contributed by atoms with Crippen LogP contribution in [-0.4, -0.2) is 0 Å². The fraction of sp³-hybridized carbons (Fsp3) is 0. The normalized spacial score (nSPS) is 11.6. The van der Waals surface area contributed by atoms with E-state index in [1.807, 2.05) is 0 Å². The van der Waals surface area contributed by atoms with E-state index < -0.39 is 0 Å². The highest BCUT2D eigenvalue weighted by atomic mass is 14.3. The van der Waals surface area contributed by atoms with Gasteiger partial charge in [-0.25, -0.2) is 0 Å². The standard InChI is InChI=1S/C72H46/c1-5-17-47(18-6-1)57-39-58(48-19-7-2-8-20-48)42-61(41-57)69-45-67(55-31-29-51-25-13-15-27-53(51)37-55)63-34-36-66-70(62-43-59(49-21-9-3-10-22-49)40-60(44-62)50-23-11-4-12-24-50)46-68(64-33-35-65(69)71(63)72(64)66)56-32-30-52-26-14-16-28-54(52)38-56/h1-46H. The number of rotatable bonds is 8. The first kappa shape index (κ1) is 41.6. The maximum atomic E-state index is 2.48. The minimum atomic E-state index is 1.19. The molecule has 0 N–H and O–H groups in total. The molecule has 0 aliphatic rings. The third-order valence-corrected chi connectivity index (χ3v) is 14.9. The molecule has 0 nitrogen and oxygen atoms in total. The van der Waals surface area contributed by atoms with E-state index in [4.69, 9.17) is 0 Å². The van der Waals surface area contributed by atoms with Gasteiger partial charge in [0, 0.05) is 0 Å². The van der Waals surface area contributed by atoms with Crippen LogP contribution in [-0.2, 0) is 0 Å². The van der Waals surface area contributed by atoms with Crippen LogP contribution in [0.15, 0.2) is 279 Å². The second-order valence-electron chi connectivity index (χ2n) is 19.2. The highest BCUT2D eigenvalue weighted by molar-refractivity contribution is 6.32. The van der Waals surface area contributed by atoms with Gasteiger partial charge in [0.25, 0.3) is 0 Å². The maximum absolute atomic E-state index is 2.48. The van der Waals surface area contributed by atoms with Crippen molar-refractivity contribution >= 4 is 53.9 Å². The molecule has 0 fully saturated rings. The Bertz CT molecular complexity index is 3940. The lowest BCUT2D eigenvalue weighted by molar-refractivity contribution is 1.57. The van der Waals surface area contributed by atoms with Gasteiger partial charge in [-0.15, -0.1) is 0 Å². The second kappa shape index (κ2) is 17.2. The van der Waals surface area contributed by atoms with Gasteiger partial charge < -0.3 is 0 Å². The Balaban J connectivity index is 1.13. The van der Waals surface area contributed by atoms with E-state index in [1.165, 1.54) is 143 Å². The van der Waals surface area contributed by atoms with Crippen molar-refractivity contribution < 1.29 is 0 Å². The summed E-state index contributed by atoms with van der Waals surface area (Å²) in [4.78, 5) is 0. The lowest BCUT2D eigenvalue weighted by atomic mass is 9.81. The zero-order chi connectivity index (χ0) is 47.5. The number of fused-ring (bicyclic) bond motifs is 2. The summed E-state index contributed by atoms with van der Waals surface area (Å²) in [5.41, 5.74) is 19.2. The van der Waals surface area contributed by atoms with Crippen LogP contribution in [0.4, 0.5) is 0 Å². The van der Waals surface area contributed by atoms with Crippen LogP contribution in [0.25, 0.3) is 143 Å². The quantitative estimate of drug-likeness (QED) is 0.133. The van der Waals surface area contributed by atoms with E-state index in [0.717, 1.165) is 0 Å². The first-order valence-electron chi connectivity index (χ1n) is 25.0. The van der Waals surface area contributed by atoms with Crippen LogP contribution < -0.4 is 0 Å². The van der Waals surface area contributed by atoms with Gasteiger partial charge in [-0.1, -0.05) is 218 Å². The van der Waals surface area contributed by atoms with E-state index in [1.54, 1.807) is 0 Å². The minimum absolute atomic E-state index is 1.19. The van der Waals surface area contributed by atoms with Crippen LogP contribution in [0, 0.1) is 0 Å². The Morgan fingerprint density at radius 2 is 0.403 bits per heavy atom. The van der Waals surface area contributed by atoms with Gasteiger partial charge in [-0.2, -0.15) is 0 Å². The molecule has 0 radical (unpaired) electrons. The minimum Gasteiger partial charge on any atom is -0.0622 e. The number of hydrogen-bond acceptors (Lipinski definition) is 0. The molecular weight excluding hydrogens is 865 g/mol. The number of hydrogen-bond donors (Lipinski definition) is 0. The highest BCUT2D eigenvalue weighted by Crippen LogP contribution is 2.50. The smallest absolute Gasteiger partial charge is 0.00139 e. The van der Waals surface area contributed by atoms with Gasteiger partial charge in [0.15, 0.2) is 0 Å². The zero-order valence-corrected chi connectivity index (χ0v) is 39.6. The van der Waals surface area contributed by atoms with E-state index in [2.05, 4.69) is 279 Å². The summed E-state index contributed by atoms with van der Waals surface area (Å²) in [6.45, 7) is 0. The molecular formula is C72H46. The fourth-order valence-corrected chi connectivity index (χ4v) is 11.4. The van der Waals surface area contributed by atoms with Crippen molar-refractivity contribution in [1.29, 1.82) is 0 Å². The Morgan fingerprint density at radius 1 is 0.139 bits per heavy atom. The summed E-state index contributed by atoms with van der Waals surface area (Å²) in [6.07, 6.45) is 0. The van der Waals surface area contributed by atoms with Crippen LogP contribution in [0.2, 0.25) is 0 Å². The average molecular weight is 911 g/mol. The van der Waals surface area contributed by atoms with E-state index in [9.17, 15) is 0 Å². The van der Waals surface area contributed by atoms with E-state index in [0.29, 0.717) is 0 Å². The van der Waals surface area contributed by atoms with Crippen molar-refractivity contribution in [2.75, 3.05) is 0 Å². The largest absolute Gasteiger partial charge is 0.0622 e. The molecule has 0 aromatic heterocycles. The predicted molar refractivity (Wildman–Crippen MR) is 309 cm³/mol. The Hall–Kier alpha value is -9.36. The van der Waals surface area contributed by atoms with Gasteiger partial charge in [-0.05, 0) is 204 Å². The number of benzene rings is 14. The van der Waals surface area contributed by atoms with Crippen LogP contribution >= 0.6 is 0 Å². The van der Waals surface area contributed by atoms with Crippen molar-refractivity contribution in [2.24, 2.45) is 0 Å². The molecule has 14 aromatic carbocycles. The molecule has 0 unspecified atom stereocenters. The van der Waals surface area contributed by atoms with E-state index >= 15 is 0 Å². The van der Waals surface area contributed by atoms with Crippen molar-refractivity contribution in [1.82, 2.24) is 0 Å². The average Bonchev–Trinajstić information content (AvgIpc) is 3.46. The third kappa shape index (κ3) is 7.24. The lowest BCUT2D eigenvalue weighted by Gasteiger charge is -2.22. The van der Waals surface area contributed by atoms with Crippen LogP contribution in [0.5, 0.6) is 0 Å². The van der Waals surface area contributed by atoms with Crippen molar-refractivity contribution in [3.63, 3.8) is 0 Å². The Kier molecular flexibility index (Phi) is 9.96. The topological polar surface area (TPSA) is 0 Å². The SMILES string of the molecule is c1ccc(-c2cc(-c3ccccc3)cc(-c3cc(-c4ccc5ccccc5c4)c4ccc5c(-c6cc(-c7ccccc7)cc(-c7ccccc7)c6)cc(-c6ccc7ccccc7c6)c6ccc3c4c56)c2)cc1. The molecule has 0 spiro atoms. The molecule has 0 saturated carbocycles. The van der Waals surface area contributed by atoms with E-state index in [-0.39, 0.29) is 0 Å². The van der Waals surface area contributed by atoms with Gasteiger partial charge in [0.2, 0.25) is 0 Å². The summed E-state index contributed by atoms with van der Waals surface area (Å²) in [5, 5.41) is 12.5. The van der Waals surface area contributed by atoms with Gasteiger partial charge >= 0.3 is 0 Å². The molecule has 0 aliphatic heterocycles. The fourth-order valence-electron chi connectivity index (χ4n) is 11.4. The summed E-state index contributed by atoms with van der Waals surface area (Å²) >= 11 is 0. The molecule has 72 heavy (non-hydrogen) atoms. The molecule has 0 heteroatoms. The molecule has 0 saturated heterocycles. The molecule has 334 valence electrons. The van der Waals surface area contributed by atoms with Crippen molar-refractivity contribution in [3.05, 3.63) is 279 Å². The second-order valence-corrected chi connectivity index (χ2v) is 19.2. The van der Waals surface area contributed by atoms with Gasteiger partial charge in [-0.3, -0.25) is 0 Å². The van der Waals surface area contributed by atoms with Crippen LogP contribution in [0.3, 0.4) is 0 Å². The molecule has 0 atom stereocenters. The maximum Gasteiger partial charge on any atom is -0.00139 e. The van der Waals surface area contributed by atoms with Gasteiger partial charge in [0.1, 0.15) is 0 Å². The third-order valence-electron chi connectivity index (χ3n) is 14.9. The zero-order valence-electron chi connectivity index (χ0n) is 39.6. The highest BCUT2D eigenvalue weighted by Gasteiger charge is 2.23. The van der Waals surface area contributed by atoms with Crippen LogP contribution in [0.1, 0.15) is 0 Å². The Morgan fingerprint density at radius 3 is 0.722 bits per heavy atom. The monoisotopic (exact) mass is 910 g/mol. The van der Waals surface area contributed by atoms with Gasteiger partial charge in [0.05, 0.1) is 0 Å². The summed E-state index contributed by atoms with van der Waals surface area (Å²) in [5.74, 6) is 0. The predicted octanol–water partition coefficient (Wildman–Crippen LogP) is 20.2. The summed E-state index contributed by atoms with van der Waals surface area (Å²) in [7, 11) is 0. The molecule has 0 bridgehead atoms. The molecule has 0 amide bonds. The first-order valence-corrected chi connectivity index (χ1v) is 25.0. The Labute approximate surface area is 419 Å². The van der Waals surface area contributed by atoms with Crippen molar-refractivity contribution in [3.8, 4) is 89.0 Å². The molecule has 0 aliphatic carbocycles. The summed E-state index contributed by atoms with van der Waals surface area (Å²) in [6, 6.07) is 104. The molecule has 0 heterocycles. The van der Waals surface area contributed by atoms with Crippen molar-refractivity contribution in [2.45, 2.75) is 0 Å². The lowest BCUT2D eigenvalue weighted by Crippen LogP contribution is -1.95. The molecule has 14 aromatic rings. The summed E-state index contributed by atoms with van der Waals surface area (Å²) < 4.78 is 0. The first-order chi connectivity index (χ1) is 35.7.